The molecule has 2 N–H and O–H groups in total. The van der Waals surface area contributed by atoms with Gasteiger partial charge in [0, 0.05) is 13.1 Å². The van der Waals surface area contributed by atoms with Crippen molar-refractivity contribution in [1.29, 1.82) is 0 Å². The van der Waals surface area contributed by atoms with Gasteiger partial charge in [-0.25, -0.2) is 0 Å². The average Bonchev–Trinajstić information content (AvgIpc) is 2.00. The fourth-order valence-electron chi connectivity index (χ4n) is 1.69. The molecular formula is C11H25NO2. The van der Waals surface area contributed by atoms with Gasteiger partial charge < -0.3 is 15.1 Å². The summed E-state index contributed by atoms with van der Waals surface area (Å²) >= 11 is 0. The van der Waals surface area contributed by atoms with Crippen molar-refractivity contribution in [2.75, 3.05) is 20.1 Å². The SMILES string of the molecule is CCC(O)(CC)CN(C)CC(C)(C)O. The third kappa shape index (κ3) is 5.58. The van der Waals surface area contributed by atoms with E-state index in [9.17, 15) is 10.2 Å². The van der Waals surface area contributed by atoms with E-state index < -0.39 is 11.2 Å². The maximum absolute atomic E-state index is 10.1. The van der Waals surface area contributed by atoms with Crippen LogP contribution in [0, 0.1) is 0 Å². The van der Waals surface area contributed by atoms with Crippen LogP contribution in [0.15, 0.2) is 0 Å². The number of hydrogen-bond acceptors (Lipinski definition) is 3. The van der Waals surface area contributed by atoms with Crippen molar-refractivity contribution in [3.05, 3.63) is 0 Å². The molecule has 0 atom stereocenters. The van der Waals surface area contributed by atoms with Crippen LogP contribution in [0.3, 0.4) is 0 Å². The Morgan fingerprint density at radius 1 is 1.00 bits per heavy atom. The highest BCUT2D eigenvalue weighted by Gasteiger charge is 2.26. The van der Waals surface area contributed by atoms with Crippen LogP contribution in [0.1, 0.15) is 40.5 Å². The average molecular weight is 203 g/mol. The van der Waals surface area contributed by atoms with Gasteiger partial charge in [-0.1, -0.05) is 13.8 Å². The molecule has 0 aromatic rings. The first kappa shape index (κ1) is 13.9. The van der Waals surface area contributed by atoms with Crippen LogP contribution in [0.5, 0.6) is 0 Å². The van der Waals surface area contributed by atoms with E-state index in [-0.39, 0.29) is 0 Å². The summed E-state index contributed by atoms with van der Waals surface area (Å²) < 4.78 is 0. The summed E-state index contributed by atoms with van der Waals surface area (Å²) in [5.74, 6) is 0. The third-order valence-corrected chi connectivity index (χ3v) is 2.54. The van der Waals surface area contributed by atoms with E-state index in [1.807, 2.05) is 25.8 Å². The summed E-state index contributed by atoms with van der Waals surface area (Å²) in [6.45, 7) is 8.73. The zero-order valence-electron chi connectivity index (χ0n) is 10.2. The summed E-state index contributed by atoms with van der Waals surface area (Å²) in [5.41, 5.74) is -1.31. The molecule has 0 aliphatic rings. The van der Waals surface area contributed by atoms with Crippen molar-refractivity contribution >= 4 is 0 Å². The molecule has 0 unspecified atom stereocenters. The zero-order valence-corrected chi connectivity index (χ0v) is 10.2. The van der Waals surface area contributed by atoms with Gasteiger partial charge in [-0.15, -0.1) is 0 Å². The van der Waals surface area contributed by atoms with Gasteiger partial charge in [0.25, 0.3) is 0 Å². The largest absolute Gasteiger partial charge is 0.389 e. The summed E-state index contributed by atoms with van der Waals surface area (Å²) in [5, 5.41) is 19.7. The second-order valence-electron chi connectivity index (χ2n) is 4.92. The Kier molecular flexibility index (Phi) is 5.06. The Labute approximate surface area is 87.7 Å². The monoisotopic (exact) mass is 203 g/mol. The first-order chi connectivity index (χ1) is 6.22. The lowest BCUT2D eigenvalue weighted by Gasteiger charge is -2.33. The molecule has 86 valence electrons. The standard InChI is InChI=1S/C11H25NO2/c1-6-11(14,7-2)9-12(5)8-10(3,4)13/h13-14H,6-9H2,1-5H3. The lowest BCUT2D eigenvalue weighted by molar-refractivity contribution is -0.0214. The highest BCUT2D eigenvalue weighted by Crippen LogP contribution is 2.16. The van der Waals surface area contributed by atoms with E-state index >= 15 is 0 Å². The van der Waals surface area contributed by atoms with Gasteiger partial charge in [0.05, 0.1) is 11.2 Å². The Hall–Kier alpha value is -0.120. The lowest BCUT2D eigenvalue weighted by Crippen LogP contribution is -2.45. The highest BCUT2D eigenvalue weighted by atomic mass is 16.3. The van der Waals surface area contributed by atoms with E-state index in [1.54, 1.807) is 13.8 Å². The number of aliphatic hydroxyl groups is 2. The topological polar surface area (TPSA) is 43.7 Å². The van der Waals surface area contributed by atoms with Crippen molar-refractivity contribution in [1.82, 2.24) is 4.90 Å². The molecule has 14 heavy (non-hydrogen) atoms. The smallest absolute Gasteiger partial charge is 0.0768 e. The minimum atomic E-state index is -0.697. The lowest BCUT2D eigenvalue weighted by atomic mass is 9.96. The fourth-order valence-corrected chi connectivity index (χ4v) is 1.69. The minimum Gasteiger partial charge on any atom is -0.389 e. The Balaban J connectivity index is 4.10. The molecule has 0 aliphatic heterocycles. The summed E-state index contributed by atoms with van der Waals surface area (Å²) in [7, 11) is 1.92. The predicted octanol–water partition coefficient (Wildman–Crippen LogP) is 1.24. The first-order valence-corrected chi connectivity index (χ1v) is 5.36. The van der Waals surface area contributed by atoms with Gasteiger partial charge in [-0.05, 0) is 33.7 Å². The van der Waals surface area contributed by atoms with E-state index in [1.165, 1.54) is 0 Å². The second-order valence-corrected chi connectivity index (χ2v) is 4.92. The maximum Gasteiger partial charge on any atom is 0.0768 e. The summed E-state index contributed by atoms with van der Waals surface area (Å²) in [4.78, 5) is 1.98. The van der Waals surface area contributed by atoms with Crippen molar-refractivity contribution in [3.8, 4) is 0 Å². The van der Waals surface area contributed by atoms with Crippen LogP contribution in [0.25, 0.3) is 0 Å². The molecule has 0 heterocycles. The molecular weight excluding hydrogens is 178 g/mol. The van der Waals surface area contributed by atoms with E-state index in [2.05, 4.69) is 0 Å². The van der Waals surface area contributed by atoms with Crippen molar-refractivity contribution < 1.29 is 10.2 Å². The minimum absolute atomic E-state index is 0.579. The number of nitrogens with zero attached hydrogens (tertiary/aromatic N) is 1. The Morgan fingerprint density at radius 3 is 1.71 bits per heavy atom. The molecule has 0 saturated carbocycles. The highest BCUT2D eigenvalue weighted by molar-refractivity contribution is 4.80. The molecule has 0 rings (SSSR count). The molecule has 0 spiro atoms. The van der Waals surface area contributed by atoms with Crippen molar-refractivity contribution in [2.24, 2.45) is 0 Å². The Bertz CT molecular complexity index is 159. The molecule has 0 aromatic heterocycles. The number of likely N-dealkylation sites (N-methyl/N-ethyl adjacent to an activating group) is 1. The molecule has 3 nitrogen and oxygen atoms in total. The van der Waals surface area contributed by atoms with Crippen molar-refractivity contribution in [3.63, 3.8) is 0 Å². The molecule has 0 saturated heterocycles. The Morgan fingerprint density at radius 2 is 1.43 bits per heavy atom. The first-order valence-electron chi connectivity index (χ1n) is 5.36. The second kappa shape index (κ2) is 5.10. The summed E-state index contributed by atoms with van der Waals surface area (Å²) in [6.07, 6.45) is 1.50. The molecule has 0 bridgehead atoms. The summed E-state index contributed by atoms with van der Waals surface area (Å²) in [6, 6.07) is 0. The number of hydrogen-bond donors (Lipinski definition) is 2. The van der Waals surface area contributed by atoms with Crippen LogP contribution in [0.2, 0.25) is 0 Å². The van der Waals surface area contributed by atoms with E-state index in [4.69, 9.17) is 0 Å². The molecule has 0 aromatic carbocycles. The van der Waals surface area contributed by atoms with Gasteiger partial charge in [0.1, 0.15) is 0 Å². The van der Waals surface area contributed by atoms with E-state index in [0.29, 0.717) is 13.1 Å². The fraction of sp³-hybridized carbons (Fsp3) is 1.00. The normalized spacial score (nSPS) is 13.7. The molecule has 0 fully saturated rings. The maximum atomic E-state index is 10.1. The number of rotatable bonds is 6. The van der Waals surface area contributed by atoms with E-state index in [0.717, 1.165) is 12.8 Å². The molecule has 3 heteroatoms. The molecule has 0 aliphatic carbocycles. The van der Waals surface area contributed by atoms with Crippen LogP contribution >= 0.6 is 0 Å². The van der Waals surface area contributed by atoms with Gasteiger partial charge in [0.15, 0.2) is 0 Å². The quantitative estimate of drug-likeness (QED) is 0.682. The van der Waals surface area contributed by atoms with Gasteiger partial charge in [0.2, 0.25) is 0 Å². The van der Waals surface area contributed by atoms with Crippen LogP contribution < -0.4 is 0 Å². The molecule has 0 radical (unpaired) electrons. The van der Waals surface area contributed by atoms with Crippen LogP contribution in [-0.2, 0) is 0 Å². The van der Waals surface area contributed by atoms with Gasteiger partial charge in [-0.2, -0.15) is 0 Å². The van der Waals surface area contributed by atoms with Crippen LogP contribution in [-0.4, -0.2) is 46.5 Å². The molecule has 0 amide bonds. The zero-order chi connectivity index (χ0) is 11.4. The van der Waals surface area contributed by atoms with Gasteiger partial charge in [-0.3, -0.25) is 0 Å². The van der Waals surface area contributed by atoms with Crippen molar-refractivity contribution in [2.45, 2.75) is 51.7 Å². The third-order valence-electron chi connectivity index (χ3n) is 2.54. The predicted molar refractivity (Wildman–Crippen MR) is 59.3 cm³/mol. The van der Waals surface area contributed by atoms with Crippen LogP contribution in [0.4, 0.5) is 0 Å². The van der Waals surface area contributed by atoms with Gasteiger partial charge >= 0.3 is 0 Å².